The number of benzene rings is 2. The number of rotatable bonds is 13. The van der Waals surface area contributed by atoms with Crippen molar-refractivity contribution < 1.29 is 21.2 Å². The monoisotopic (exact) mass is 516 g/mol. The summed E-state index contributed by atoms with van der Waals surface area (Å²) in [6.45, 7) is 6.71. The Morgan fingerprint density at radius 1 is 0.600 bits per heavy atom. The molecule has 35 heavy (non-hydrogen) atoms. The number of hydrogen-bond donors (Lipinski definition) is 0. The Morgan fingerprint density at radius 2 is 1.06 bits per heavy atom. The van der Waals surface area contributed by atoms with Crippen LogP contribution in [-0.4, -0.2) is 4.70 Å². The molecule has 0 atom stereocenters. The van der Waals surface area contributed by atoms with Gasteiger partial charge in [0.25, 0.3) is 0 Å². The van der Waals surface area contributed by atoms with E-state index in [4.69, 9.17) is 0 Å². The summed E-state index contributed by atoms with van der Waals surface area (Å²) in [6, 6.07) is 17.6. The van der Waals surface area contributed by atoms with E-state index in [1.165, 1.54) is 59.9 Å². The molecule has 194 valence electrons. The van der Waals surface area contributed by atoms with Gasteiger partial charge in [-0.05, 0) is 73.9 Å². The molecule has 1 aliphatic rings. The maximum atomic E-state index is 11.2. The fourth-order valence-corrected chi connectivity index (χ4v) is 4.45. The van der Waals surface area contributed by atoms with E-state index in [1.807, 2.05) is 0 Å². The molecule has 0 aromatic heterocycles. The van der Waals surface area contributed by atoms with Gasteiger partial charge in [-0.1, -0.05) is 77.1 Å². The molecule has 0 aliphatic carbocycles. The van der Waals surface area contributed by atoms with E-state index in [-0.39, 0.29) is 31.3 Å². The number of allylic oxidation sites excluding steroid dienone is 2. The van der Waals surface area contributed by atoms with Crippen LogP contribution in [0.3, 0.4) is 0 Å². The molecule has 0 spiro atoms. The number of hydrogen-bond acceptors (Lipinski definition) is 0. The largest absolute Gasteiger partial charge is 2.00 e. The predicted octanol–water partition coefficient (Wildman–Crippen LogP) is 10.0. The maximum absolute atomic E-state index is 11.2. The van der Waals surface area contributed by atoms with E-state index < -0.39 is 0 Å². The van der Waals surface area contributed by atoms with Gasteiger partial charge in [-0.25, -0.2) is 4.70 Å². The molecule has 1 heterocycles. The van der Waals surface area contributed by atoms with Gasteiger partial charge >= 0.3 is 16.5 Å². The fraction of sp³-hybridized carbons (Fsp3) is 0.438. The molecule has 2 nitrogen and oxygen atoms in total. The first-order chi connectivity index (χ1) is 15.7. The van der Waals surface area contributed by atoms with Crippen LogP contribution in [0.1, 0.15) is 101 Å². The van der Waals surface area contributed by atoms with Crippen LogP contribution in [-0.2, 0) is 29.3 Å². The molecule has 0 bridgehead atoms. The first-order valence-electron chi connectivity index (χ1n) is 12.8. The Labute approximate surface area is 226 Å². The Bertz CT molecular complexity index is 937. The fourth-order valence-electron chi connectivity index (χ4n) is 4.45. The molecular formula is C32H46N2Ni. The van der Waals surface area contributed by atoms with Crippen molar-refractivity contribution >= 4 is 11.4 Å². The second-order valence-corrected chi connectivity index (χ2v) is 9.13. The maximum Gasteiger partial charge on any atom is 2.00 e. The quantitative estimate of drug-likeness (QED) is 0.109. The van der Waals surface area contributed by atoms with Crippen LogP contribution in [0.25, 0.3) is 16.9 Å². The van der Waals surface area contributed by atoms with Crippen LogP contribution in [0.2, 0.25) is 0 Å². The molecule has 0 radical (unpaired) electrons. The van der Waals surface area contributed by atoms with E-state index in [0.717, 1.165) is 54.6 Å². The SMILES string of the molecule is CCCCCc1ccc(C2=CC(CCCC)=C(c3ccc(CCCCC)cc3)[N+]2=[N-])cc1.[CH3-].[CH3-].[Ni+2]. The average molecular weight is 517 g/mol. The van der Waals surface area contributed by atoms with Crippen molar-refractivity contribution in [1.29, 1.82) is 0 Å². The molecule has 3 heteroatoms. The zero-order valence-electron chi connectivity index (χ0n) is 22.7. The molecule has 0 amide bonds. The van der Waals surface area contributed by atoms with Crippen molar-refractivity contribution in [3.05, 3.63) is 103 Å². The Kier molecular flexibility index (Phi) is 16.5. The van der Waals surface area contributed by atoms with Gasteiger partial charge in [0.2, 0.25) is 11.4 Å². The van der Waals surface area contributed by atoms with Crippen molar-refractivity contribution in [2.45, 2.75) is 91.4 Å². The Hall–Kier alpha value is -1.99. The summed E-state index contributed by atoms with van der Waals surface area (Å²) < 4.78 is 1.42. The van der Waals surface area contributed by atoms with Gasteiger partial charge < -0.3 is 20.4 Å². The van der Waals surface area contributed by atoms with Gasteiger partial charge in [0.05, 0.1) is 0 Å². The van der Waals surface area contributed by atoms with Crippen LogP contribution in [0, 0.1) is 14.9 Å². The molecule has 2 aromatic carbocycles. The minimum Gasteiger partial charge on any atom is -0.493 e. The third kappa shape index (κ3) is 9.19. The first kappa shape index (κ1) is 33.0. The van der Waals surface area contributed by atoms with E-state index in [9.17, 15) is 5.53 Å². The molecule has 0 saturated carbocycles. The van der Waals surface area contributed by atoms with E-state index in [0.29, 0.717) is 0 Å². The molecule has 0 unspecified atom stereocenters. The summed E-state index contributed by atoms with van der Waals surface area (Å²) in [6.07, 6.45) is 15.3. The van der Waals surface area contributed by atoms with Crippen LogP contribution in [0.15, 0.2) is 60.2 Å². The van der Waals surface area contributed by atoms with Crippen molar-refractivity contribution in [1.82, 2.24) is 0 Å². The van der Waals surface area contributed by atoms with Gasteiger partial charge in [-0.15, -0.1) is 0 Å². The molecule has 2 aromatic rings. The zero-order chi connectivity index (χ0) is 22.8. The summed E-state index contributed by atoms with van der Waals surface area (Å²) in [4.78, 5) is 0. The predicted molar refractivity (Wildman–Crippen MR) is 150 cm³/mol. The second kappa shape index (κ2) is 17.4. The average Bonchev–Trinajstić information content (AvgIpc) is 3.15. The Balaban J connectivity index is 0.00000385. The van der Waals surface area contributed by atoms with Crippen LogP contribution in [0.5, 0.6) is 0 Å². The molecule has 0 saturated heterocycles. The summed E-state index contributed by atoms with van der Waals surface area (Å²) in [7, 11) is 0. The summed E-state index contributed by atoms with van der Waals surface area (Å²) >= 11 is 0. The summed E-state index contributed by atoms with van der Waals surface area (Å²) in [5, 5.41) is 0. The van der Waals surface area contributed by atoms with Crippen LogP contribution < -0.4 is 0 Å². The number of unbranched alkanes of at least 4 members (excludes halogenated alkanes) is 5. The van der Waals surface area contributed by atoms with E-state index in [2.05, 4.69) is 75.4 Å². The van der Waals surface area contributed by atoms with Gasteiger partial charge in [-0.2, -0.15) is 0 Å². The smallest absolute Gasteiger partial charge is 0.493 e. The van der Waals surface area contributed by atoms with Gasteiger partial charge in [0.15, 0.2) is 0 Å². The van der Waals surface area contributed by atoms with E-state index >= 15 is 0 Å². The first-order valence-corrected chi connectivity index (χ1v) is 12.8. The normalized spacial score (nSPS) is 12.5. The minimum atomic E-state index is 0. The van der Waals surface area contributed by atoms with Gasteiger partial charge in [0, 0.05) is 22.8 Å². The standard InChI is InChI=1S/C30H40N2.2CH3.Ni/c1-4-7-10-12-24-15-19-26(20-16-24)29-23-28(14-9-6-3)30(32(29)31)27-21-17-25(18-22-27)13-11-8-5-2;;;/h15-23H,4-14H2,1-3H3;2*1H3;/q;2*-1;+2. The molecular weight excluding hydrogens is 471 g/mol. The minimum absolute atomic E-state index is 0. The third-order valence-corrected chi connectivity index (χ3v) is 6.47. The van der Waals surface area contributed by atoms with Crippen molar-refractivity contribution in [3.8, 4) is 0 Å². The van der Waals surface area contributed by atoms with Crippen molar-refractivity contribution in [3.63, 3.8) is 0 Å². The molecule has 3 rings (SSSR count). The molecule has 0 N–H and O–H groups in total. The number of nitrogens with zero attached hydrogens (tertiary/aromatic N) is 2. The third-order valence-electron chi connectivity index (χ3n) is 6.47. The van der Waals surface area contributed by atoms with Gasteiger partial charge in [0.1, 0.15) is 0 Å². The van der Waals surface area contributed by atoms with Gasteiger partial charge in [-0.3, -0.25) is 0 Å². The second-order valence-electron chi connectivity index (χ2n) is 9.13. The van der Waals surface area contributed by atoms with Crippen LogP contribution in [0.4, 0.5) is 0 Å². The van der Waals surface area contributed by atoms with Crippen LogP contribution >= 0.6 is 0 Å². The summed E-state index contributed by atoms with van der Waals surface area (Å²) in [5.74, 6) is 0. The zero-order valence-corrected chi connectivity index (χ0v) is 23.7. The van der Waals surface area contributed by atoms with Crippen molar-refractivity contribution in [2.75, 3.05) is 0 Å². The number of aryl methyl sites for hydroxylation is 2. The topological polar surface area (TPSA) is 25.3 Å². The summed E-state index contributed by atoms with van der Waals surface area (Å²) in [5.41, 5.74) is 19.2. The Morgan fingerprint density at radius 3 is 1.51 bits per heavy atom. The molecule has 0 fully saturated rings. The van der Waals surface area contributed by atoms with Crippen molar-refractivity contribution in [2.24, 2.45) is 0 Å². The van der Waals surface area contributed by atoms with E-state index in [1.54, 1.807) is 0 Å². The molecule has 1 aliphatic heterocycles.